The fraction of sp³-hybridized carbons (Fsp3) is 0.105. The molecular weight excluding hydrogens is 260 g/mol. The summed E-state index contributed by atoms with van der Waals surface area (Å²) in [7, 11) is 0. The fourth-order valence-corrected chi connectivity index (χ4v) is 0.847. The van der Waals surface area contributed by atoms with E-state index in [-0.39, 0.29) is 12.6 Å². The van der Waals surface area contributed by atoms with Crippen LogP contribution in [0.1, 0.15) is 12.5 Å². The van der Waals surface area contributed by atoms with Crippen LogP contribution in [-0.2, 0) is 9.53 Å². The Morgan fingerprint density at radius 2 is 1.62 bits per heavy atom. The molecule has 0 N–H and O–H groups in total. The number of benzene rings is 1. The molecule has 0 heterocycles. The SMILES string of the molecule is C=CC=C.C=CCOC(=O)C(=C)C.C=Cc1ccccc1. The highest BCUT2D eigenvalue weighted by Crippen LogP contribution is 1.97. The molecule has 2 heteroatoms. The van der Waals surface area contributed by atoms with Gasteiger partial charge in [-0.25, -0.2) is 4.79 Å². The van der Waals surface area contributed by atoms with Crippen LogP contribution >= 0.6 is 0 Å². The Kier molecular flexibility index (Phi) is 15.2. The number of hydrogen-bond donors (Lipinski definition) is 0. The van der Waals surface area contributed by atoms with Crippen molar-refractivity contribution < 1.29 is 9.53 Å². The van der Waals surface area contributed by atoms with Crippen molar-refractivity contribution in [1.82, 2.24) is 0 Å². The summed E-state index contributed by atoms with van der Waals surface area (Å²) in [5, 5.41) is 0. The molecule has 0 saturated heterocycles. The maximum absolute atomic E-state index is 10.5. The van der Waals surface area contributed by atoms with Crippen LogP contribution in [0.2, 0.25) is 0 Å². The third-order valence-electron chi connectivity index (χ3n) is 1.88. The summed E-state index contributed by atoms with van der Waals surface area (Å²) < 4.78 is 4.60. The molecule has 0 radical (unpaired) electrons. The van der Waals surface area contributed by atoms with Crippen molar-refractivity contribution in [3.8, 4) is 0 Å². The van der Waals surface area contributed by atoms with Crippen LogP contribution < -0.4 is 0 Å². The van der Waals surface area contributed by atoms with Crippen LogP contribution in [0.4, 0.5) is 0 Å². The quantitative estimate of drug-likeness (QED) is 0.330. The molecule has 0 spiro atoms. The van der Waals surface area contributed by atoms with Gasteiger partial charge in [0.25, 0.3) is 0 Å². The topological polar surface area (TPSA) is 26.3 Å². The van der Waals surface area contributed by atoms with Gasteiger partial charge in [0.1, 0.15) is 6.61 Å². The van der Waals surface area contributed by atoms with E-state index < -0.39 is 0 Å². The van der Waals surface area contributed by atoms with Gasteiger partial charge in [0.05, 0.1) is 0 Å². The zero-order valence-corrected chi connectivity index (χ0v) is 12.8. The third-order valence-corrected chi connectivity index (χ3v) is 1.88. The Balaban J connectivity index is 0. The number of hydrogen-bond acceptors (Lipinski definition) is 2. The lowest BCUT2D eigenvalue weighted by molar-refractivity contribution is -0.137. The Morgan fingerprint density at radius 3 is 1.90 bits per heavy atom. The van der Waals surface area contributed by atoms with Crippen LogP contribution in [-0.4, -0.2) is 12.6 Å². The molecule has 0 fully saturated rings. The first kappa shape index (κ1) is 20.7. The molecule has 0 saturated carbocycles. The maximum Gasteiger partial charge on any atom is 0.333 e. The summed E-state index contributed by atoms with van der Waals surface area (Å²) >= 11 is 0. The first-order chi connectivity index (χ1) is 10.0. The van der Waals surface area contributed by atoms with Gasteiger partial charge in [0.15, 0.2) is 0 Å². The molecule has 0 aromatic heterocycles. The molecule has 0 aliphatic heterocycles. The Hall–Kier alpha value is -2.61. The standard InChI is InChI=1S/C8H8.C7H10O2.C4H6/c1-2-8-6-4-3-5-7-8;1-4-5-9-7(8)6(2)3;1-3-4-2/h2-7H,1H2;4H,1-2,5H2,3H3;3-4H,1-2H2. The molecule has 0 aliphatic carbocycles. The zero-order chi connectivity index (χ0) is 16.5. The average molecular weight is 284 g/mol. The second-order valence-electron chi connectivity index (χ2n) is 3.75. The lowest BCUT2D eigenvalue weighted by Crippen LogP contribution is -2.03. The van der Waals surface area contributed by atoms with Gasteiger partial charge < -0.3 is 4.74 Å². The number of carbonyl (C=O) groups excluding carboxylic acids is 1. The van der Waals surface area contributed by atoms with Crippen molar-refractivity contribution in [3.05, 3.63) is 92.6 Å². The normalized spacial score (nSPS) is 7.67. The molecule has 1 rings (SSSR count). The van der Waals surface area contributed by atoms with E-state index in [0.717, 1.165) is 0 Å². The fourth-order valence-electron chi connectivity index (χ4n) is 0.847. The zero-order valence-electron chi connectivity index (χ0n) is 12.8. The van der Waals surface area contributed by atoms with E-state index in [1.165, 1.54) is 11.6 Å². The summed E-state index contributed by atoms with van der Waals surface area (Å²) in [5.41, 5.74) is 1.59. The molecule has 0 amide bonds. The second kappa shape index (κ2) is 15.4. The van der Waals surface area contributed by atoms with Gasteiger partial charge in [-0.15, -0.1) is 0 Å². The average Bonchev–Trinajstić information content (AvgIpc) is 2.54. The van der Waals surface area contributed by atoms with Crippen LogP contribution in [0.3, 0.4) is 0 Å². The van der Waals surface area contributed by atoms with Crippen molar-refractivity contribution in [2.75, 3.05) is 6.61 Å². The molecule has 1 aromatic carbocycles. The number of allylic oxidation sites excluding steroid dienone is 2. The summed E-state index contributed by atoms with van der Waals surface area (Å²) in [4.78, 5) is 10.5. The van der Waals surface area contributed by atoms with E-state index in [9.17, 15) is 4.79 Å². The van der Waals surface area contributed by atoms with Gasteiger partial charge in [-0.1, -0.05) is 87.5 Å². The minimum atomic E-state index is -0.366. The number of esters is 1. The third kappa shape index (κ3) is 15.3. The smallest absolute Gasteiger partial charge is 0.333 e. The molecule has 1 aromatic rings. The summed E-state index contributed by atoms with van der Waals surface area (Å²) in [6.45, 7) is 19.0. The number of ether oxygens (including phenoxy) is 1. The largest absolute Gasteiger partial charge is 0.458 e. The molecule has 0 aliphatic rings. The van der Waals surface area contributed by atoms with Crippen LogP contribution in [0, 0.1) is 0 Å². The molecule has 0 unspecified atom stereocenters. The number of carbonyl (C=O) groups is 1. The van der Waals surface area contributed by atoms with Gasteiger partial charge in [0, 0.05) is 5.57 Å². The Morgan fingerprint density at radius 1 is 1.10 bits per heavy atom. The van der Waals surface area contributed by atoms with E-state index in [0.29, 0.717) is 5.57 Å². The molecule has 112 valence electrons. The predicted molar refractivity (Wildman–Crippen MR) is 92.9 cm³/mol. The van der Waals surface area contributed by atoms with E-state index in [1.54, 1.807) is 19.1 Å². The monoisotopic (exact) mass is 284 g/mol. The summed E-state index contributed by atoms with van der Waals surface area (Å²) in [6.07, 6.45) is 6.63. The van der Waals surface area contributed by atoms with Crippen molar-refractivity contribution >= 4 is 12.0 Å². The molecule has 21 heavy (non-hydrogen) atoms. The van der Waals surface area contributed by atoms with Crippen molar-refractivity contribution in [3.63, 3.8) is 0 Å². The van der Waals surface area contributed by atoms with Crippen LogP contribution in [0.5, 0.6) is 0 Å². The Bertz CT molecular complexity index is 450. The molecule has 2 nitrogen and oxygen atoms in total. The van der Waals surface area contributed by atoms with E-state index >= 15 is 0 Å². The molecular formula is C19H24O2. The minimum Gasteiger partial charge on any atom is -0.458 e. The highest BCUT2D eigenvalue weighted by Gasteiger charge is 1.98. The molecule has 0 bridgehead atoms. The van der Waals surface area contributed by atoms with E-state index in [2.05, 4.69) is 37.6 Å². The summed E-state index contributed by atoms with van der Waals surface area (Å²) in [5.74, 6) is -0.366. The highest BCUT2D eigenvalue weighted by atomic mass is 16.5. The van der Waals surface area contributed by atoms with Gasteiger partial charge in [0.2, 0.25) is 0 Å². The lowest BCUT2D eigenvalue weighted by atomic mass is 10.2. The van der Waals surface area contributed by atoms with Crippen molar-refractivity contribution in [1.29, 1.82) is 0 Å². The predicted octanol–water partition coefficient (Wildman–Crippen LogP) is 4.98. The van der Waals surface area contributed by atoms with E-state index in [1.807, 2.05) is 36.4 Å². The summed E-state index contributed by atoms with van der Waals surface area (Å²) in [6, 6.07) is 10.0. The van der Waals surface area contributed by atoms with Crippen molar-refractivity contribution in [2.24, 2.45) is 0 Å². The minimum absolute atomic E-state index is 0.256. The molecule has 0 atom stereocenters. The lowest BCUT2D eigenvalue weighted by Gasteiger charge is -1.97. The van der Waals surface area contributed by atoms with Gasteiger partial charge in [-0.2, -0.15) is 0 Å². The first-order valence-corrected chi connectivity index (χ1v) is 6.37. The van der Waals surface area contributed by atoms with Crippen LogP contribution in [0.15, 0.2) is 87.0 Å². The highest BCUT2D eigenvalue weighted by molar-refractivity contribution is 5.86. The number of rotatable bonds is 5. The Labute approximate surface area is 128 Å². The van der Waals surface area contributed by atoms with Crippen molar-refractivity contribution in [2.45, 2.75) is 6.92 Å². The van der Waals surface area contributed by atoms with Gasteiger partial charge in [-0.3, -0.25) is 0 Å². The first-order valence-electron chi connectivity index (χ1n) is 6.37. The maximum atomic E-state index is 10.5. The van der Waals surface area contributed by atoms with Gasteiger partial charge in [-0.05, 0) is 12.5 Å². The van der Waals surface area contributed by atoms with E-state index in [4.69, 9.17) is 0 Å². The van der Waals surface area contributed by atoms with Crippen LogP contribution in [0.25, 0.3) is 6.08 Å². The van der Waals surface area contributed by atoms with Gasteiger partial charge >= 0.3 is 5.97 Å². The second-order valence-corrected chi connectivity index (χ2v) is 3.75.